The summed E-state index contributed by atoms with van der Waals surface area (Å²) in [7, 11) is -3.63. The molecule has 0 spiro atoms. The highest BCUT2D eigenvalue weighted by Crippen LogP contribution is 2.17. The van der Waals surface area contributed by atoms with E-state index in [1.807, 2.05) is 0 Å². The first kappa shape index (κ1) is 14.4. The van der Waals surface area contributed by atoms with Gasteiger partial charge in [0.1, 0.15) is 5.82 Å². The smallest absolute Gasteiger partial charge is 0.338 e. The number of benzene rings is 1. The standard InChI is InChI=1S/C12H13FO4S/c1-8(2)5-6-18(16,17)9-3-4-11(13)10(7-9)12(14)15/h3-5,7H,6H2,1-2H3,(H,14,15). The van der Waals surface area contributed by atoms with Gasteiger partial charge in [-0.25, -0.2) is 17.6 Å². The molecule has 0 aliphatic heterocycles. The molecule has 18 heavy (non-hydrogen) atoms. The third-order valence-corrected chi connectivity index (χ3v) is 3.82. The molecule has 0 atom stereocenters. The average molecular weight is 272 g/mol. The van der Waals surface area contributed by atoms with Crippen molar-refractivity contribution >= 4 is 15.8 Å². The summed E-state index contributed by atoms with van der Waals surface area (Å²) in [5, 5.41) is 8.73. The Labute approximate surface area is 105 Å². The topological polar surface area (TPSA) is 71.4 Å². The van der Waals surface area contributed by atoms with Crippen molar-refractivity contribution in [3.05, 3.63) is 41.2 Å². The van der Waals surface area contributed by atoms with Crippen molar-refractivity contribution < 1.29 is 22.7 Å². The van der Waals surface area contributed by atoms with Crippen molar-refractivity contribution in [1.82, 2.24) is 0 Å². The summed E-state index contributed by atoms with van der Waals surface area (Å²) in [5.74, 6) is -2.68. The minimum absolute atomic E-state index is 0.196. The van der Waals surface area contributed by atoms with Crippen molar-refractivity contribution in [2.24, 2.45) is 0 Å². The van der Waals surface area contributed by atoms with Crippen LogP contribution in [0.4, 0.5) is 4.39 Å². The molecule has 0 saturated heterocycles. The lowest BCUT2D eigenvalue weighted by Crippen LogP contribution is -2.08. The van der Waals surface area contributed by atoms with Crippen molar-refractivity contribution in [2.75, 3.05) is 5.75 Å². The van der Waals surface area contributed by atoms with Crippen LogP contribution in [0.15, 0.2) is 34.7 Å². The Bertz CT molecular complexity index is 599. The van der Waals surface area contributed by atoms with E-state index in [-0.39, 0.29) is 10.6 Å². The first-order valence-corrected chi connectivity index (χ1v) is 6.78. The van der Waals surface area contributed by atoms with Gasteiger partial charge in [-0.05, 0) is 32.0 Å². The van der Waals surface area contributed by atoms with Crippen LogP contribution in [0.2, 0.25) is 0 Å². The molecule has 1 aromatic carbocycles. The Hall–Kier alpha value is -1.69. The molecular weight excluding hydrogens is 259 g/mol. The lowest BCUT2D eigenvalue weighted by atomic mass is 10.2. The Morgan fingerprint density at radius 3 is 2.50 bits per heavy atom. The van der Waals surface area contributed by atoms with E-state index in [0.717, 1.165) is 23.8 Å². The fourth-order valence-corrected chi connectivity index (χ4v) is 2.55. The summed E-state index contributed by atoms with van der Waals surface area (Å²) >= 11 is 0. The molecule has 0 aromatic heterocycles. The van der Waals surface area contributed by atoms with Gasteiger partial charge < -0.3 is 5.11 Å². The predicted molar refractivity (Wildman–Crippen MR) is 64.8 cm³/mol. The van der Waals surface area contributed by atoms with Gasteiger partial charge in [-0.15, -0.1) is 0 Å². The number of sulfone groups is 1. The number of halogens is 1. The van der Waals surface area contributed by atoms with Gasteiger partial charge in [-0.1, -0.05) is 11.6 Å². The van der Waals surface area contributed by atoms with Crippen molar-refractivity contribution in [1.29, 1.82) is 0 Å². The molecule has 0 amide bonds. The molecule has 6 heteroatoms. The Balaban J connectivity index is 3.22. The van der Waals surface area contributed by atoms with Gasteiger partial charge in [0, 0.05) is 0 Å². The molecule has 1 N–H and O–H groups in total. The first-order chi connectivity index (χ1) is 8.24. The molecule has 0 saturated carbocycles. The van der Waals surface area contributed by atoms with E-state index in [0.29, 0.717) is 0 Å². The molecular formula is C12H13FO4S. The number of carbonyl (C=O) groups is 1. The number of hydrogen-bond acceptors (Lipinski definition) is 3. The highest BCUT2D eigenvalue weighted by atomic mass is 32.2. The number of aromatic carboxylic acids is 1. The van der Waals surface area contributed by atoms with Gasteiger partial charge in [0.25, 0.3) is 0 Å². The quantitative estimate of drug-likeness (QED) is 0.674. The lowest BCUT2D eigenvalue weighted by Gasteiger charge is -2.04. The van der Waals surface area contributed by atoms with Crippen molar-refractivity contribution in [3.63, 3.8) is 0 Å². The Kier molecular flexibility index (Phi) is 4.24. The fraction of sp³-hybridized carbons (Fsp3) is 0.250. The van der Waals surface area contributed by atoms with Crippen LogP contribution in [0.5, 0.6) is 0 Å². The molecule has 0 aliphatic carbocycles. The molecule has 0 fully saturated rings. The zero-order valence-electron chi connectivity index (χ0n) is 9.97. The van der Waals surface area contributed by atoms with Crippen LogP contribution in [-0.4, -0.2) is 25.2 Å². The van der Waals surface area contributed by atoms with Crippen LogP contribution in [0.3, 0.4) is 0 Å². The fourth-order valence-electron chi connectivity index (χ4n) is 1.23. The summed E-state index contributed by atoms with van der Waals surface area (Å²) in [6.45, 7) is 3.51. The van der Waals surface area contributed by atoms with Gasteiger partial charge in [-0.2, -0.15) is 0 Å². The molecule has 0 aliphatic rings. The Morgan fingerprint density at radius 2 is 2.00 bits per heavy atom. The highest BCUT2D eigenvalue weighted by molar-refractivity contribution is 7.91. The molecule has 0 radical (unpaired) electrons. The van der Waals surface area contributed by atoms with E-state index in [9.17, 15) is 17.6 Å². The number of carboxylic acid groups (broad SMARTS) is 1. The average Bonchev–Trinajstić information content (AvgIpc) is 2.26. The second kappa shape index (κ2) is 5.30. The molecule has 0 unspecified atom stereocenters. The normalized spacial score (nSPS) is 11.1. The third kappa shape index (κ3) is 3.40. The summed E-state index contributed by atoms with van der Waals surface area (Å²) in [6.07, 6.45) is 1.51. The van der Waals surface area contributed by atoms with Gasteiger partial charge >= 0.3 is 5.97 Å². The van der Waals surface area contributed by atoms with Gasteiger partial charge in [0.2, 0.25) is 0 Å². The molecule has 0 bridgehead atoms. The van der Waals surface area contributed by atoms with Crippen LogP contribution >= 0.6 is 0 Å². The SMILES string of the molecule is CC(C)=CCS(=O)(=O)c1ccc(F)c(C(=O)O)c1. The summed E-state index contributed by atoms with van der Waals surface area (Å²) in [5.41, 5.74) is 0.187. The third-order valence-electron chi connectivity index (χ3n) is 2.24. The van der Waals surface area contributed by atoms with Gasteiger partial charge in [-0.3, -0.25) is 0 Å². The maximum atomic E-state index is 13.1. The molecule has 0 heterocycles. The lowest BCUT2D eigenvalue weighted by molar-refractivity contribution is 0.0691. The molecule has 1 aromatic rings. The monoisotopic (exact) mass is 272 g/mol. The minimum Gasteiger partial charge on any atom is -0.478 e. The van der Waals surface area contributed by atoms with Gasteiger partial charge in [0.15, 0.2) is 9.84 Å². The number of hydrogen-bond donors (Lipinski definition) is 1. The van der Waals surface area contributed by atoms with Crippen LogP contribution in [0.25, 0.3) is 0 Å². The zero-order chi connectivity index (χ0) is 13.9. The van der Waals surface area contributed by atoms with E-state index < -0.39 is 27.2 Å². The Morgan fingerprint density at radius 1 is 1.39 bits per heavy atom. The zero-order valence-corrected chi connectivity index (χ0v) is 10.8. The number of allylic oxidation sites excluding steroid dienone is 1. The molecule has 98 valence electrons. The maximum absolute atomic E-state index is 13.1. The van der Waals surface area contributed by atoms with E-state index in [1.165, 1.54) is 6.08 Å². The maximum Gasteiger partial charge on any atom is 0.338 e. The van der Waals surface area contributed by atoms with Gasteiger partial charge in [0.05, 0.1) is 16.2 Å². The van der Waals surface area contributed by atoms with Crippen LogP contribution in [0.1, 0.15) is 24.2 Å². The van der Waals surface area contributed by atoms with E-state index in [2.05, 4.69) is 0 Å². The summed E-state index contributed by atoms with van der Waals surface area (Å²) < 4.78 is 36.9. The molecule has 4 nitrogen and oxygen atoms in total. The van der Waals surface area contributed by atoms with Crippen LogP contribution in [0, 0.1) is 5.82 Å². The van der Waals surface area contributed by atoms with Crippen LogP contribution in [-0.2, 0) is 9.84 Å². The van der Waals surface area contributed by atoms with Crippen molar-refractivity contribution in [2.45, 2.75) is 18.7 Å². The predicted octanol–water partition coefficient (Wildman–Crippen LogP) is 2.26. The summed E-state index contributed by atoms with van der Waals surface area (Å²) in [4.78, 5) is 10.5. The van der Waals surface area contributed by atoms with E-state index in [4.69, 9.17) is 5.11 Å². The number of carboxylic acids is 1. The van der Waals surface area contributed by atoms with Crippen LogP contribution < -0.4 is 0 Å². The van der Waals surface area contributed by atoms with E-state index >= 15 is 0 Å². The second-order valence-corrected chi connectivity index (χ2v) is 6.04. The number of rotatable bonds is 4. The second-order valence-electron chi connectivity index (χ2n) is 4.01. The largest absolute Gasteiger partial charge is 0.478 e. The van der Waals surface area contributed by atoms with Crippen molar-refractivity contribution in [3.8, 4) is 0 Å². The summed E-state index contributed by atoms with van der Waals surface area (Å²) in [6, 6.07) is 2.75. The minimum atomic E-state index is -3.63. The first-order valence-electron chi connectivity index (χ1n) is 5.13. The highest BCUT2D eigenvalue weighted by Gasteiger charge is 2.18. The molecule has 1 rings (SSSR count). The van der Waals surface area contributed by atoms with E-state index in [1.54, 1.807) is 13.8 Å².